The van der Waals surface area contributed by atoms with E-state index in [-0.39, 0.29) is 77.5 Å². The Morgan fingerprint density at radius 3 is 1.79 bits per heavy atom. The standard InChI is InChI=1S/C69H62N5O.Pt/c1-67(2,3)48-40-54(45-24-13-11-14-25-45)65(55(41-48)46-26-15-12-16-27-46)73-44-72(61-34-21-22-35-62(61)73)49-38-47(64-56(68(4,5)6)29-23-30-57(64)69(7,8)9)39-51(42-49)75-50-36-37-53-52-28-17-19-32-59(52)74(63(53)43-50)66-70-58-31-18-20-33-60(58)71(66)10;/h11-41,44H,1-10H3;/q-3;/i10D3,17D,19D,28D,32D;. The molecule has 0 aliphatic carbocycles. The van der Waals surface area contributed by atoms with Crippen molar-refractivity contribution in [3.05, 3.63) is 223 Å². The predicted octanol–water partition coefficient (Wildman–Crippen LogP) is 18.4. The summed E-state index contributed by atoms with van der Waals surface area (Å²) in [5.41, 5.74) is 13.8. The molecule has 7 heteroatoms. The summed E-state index contributed by atoms with van der Waals surface area (Å²) in [6, 6.07) is 61.0. The summed E-state index contributed by atoms with van der Waals surface area (Å²) in [5.74, 6) is 0.534. The molecule has 0 saturated carbocycles. The topological polar surface area (TPSA) is 38.5 Å². The predicted molar refractivity (Wildman–Crippen MR) is 313 cm³/mol. The van der Waals surface area contributed by atoms with Crippen LogP contribution in [0, 0.1) is 18.8 Å². The van der Waals surface area contributed by atoms with Crippen molar-refractivity contribution in [3.63, 3.8) is 0 Å². The van der Waals surface area contributed by atoms with Gasteiger partial charge in [0.25, 0.3) is 0 Å². The van der Waals surface area contributed by atoms with Gasteiger partial charge in [0.05, 0.1) is 16.5 Å². The normalized spacial score (nSPS) is 14.4. The average molecular weight is 1180 g/mol. The second-order valence-corrected chi connectivity index (χ2v) is 22.6. The molecule has 76 heavy (non-hydrogen) atoms. The van der Waals surface area contributed by atoms with Crippen LogP contribution in [0.25, 0.3) is 72.2 Å². The minimum absolute atomic E-state index is 0. The number of fused-ring (bicyclic) bond motifs is 5. The summed E-state index contributed by atoms with van der Waals surface area (Å²) in [4.78, 5) is 9.33. The van der Waals surface area contributed by atoms with Gasteiger partial charge in [-0.15, -0.1) is 53.6 Å². The van der Waals surface area contributed by atoms with Crippen LogP contribution in [-0.4, -0.2) is 14.1 Å². The molecule has 0 unspecified atom stereocenters. The molecule has 0 saturated heterocycles. The maximum absolute atomic E-state index is 9.29. The van der Waals surface area contributed by atoms with Crippen LogP contribution < -0.4 is 14.5 Å². The number of hydrogen-bond donors (Lipinski definition) is 0. The van der Waals surface area contributed by atoms with Gasteiger partial charge in [-0.25, -0.2) is 4.98 Å². The molecule has 0 amide bonds. The number of anilines is 4. The fraction of sp³-hybridized carbons (Fsp3) is 0.188. The molecule has 382 valence electrons. The molecule has 0 N–H and O–H groups in total. The van der Waals surface area contributed by atoms with E-state index in [1.54, 1.807) is 36.4 Å². The Kier molecular flexibility index (Phi) is 10.7. The molecular weight excluding hydrogens is 1110 g/mol. The zero-order valence-electron chi connectivity index (χ0n) is 51.1. The number of benzene rings is 9. The summed E-state index contributed by atoms with van der Waals surface area (Å²) in [5, 5.41) is 0.610. The molecule has 1 aliphatic heterocycles. The number of rotatable bonds is 8. The number of imidazole rings is 1. The third kappa shape index (κ3) is 8.90. The van der Waals surface area contributed by atoms with Crippen LogP contribution in [0.5, 0.6) is 11.5 Å². The van der Waals surface area contributed by atoms with E-state index < -0.39 is 19.1 Å². The van der Waals surface area contributed by atoms with Gasteiger partial charge in [0.1, 0.15) is 0 Å². The molecule has 0 spiro atoms. The van der Waals surface area contributed by atoms with Crippen molar-refractivity contribution in [2.45, 2.75) is 78.6 Å². The van der Waals surface area contributed by atoms with Crippen LogP contribution >= 0.6 is 0 Å². The van der Waals surface area contributed by atoms with E-state index in [1.807, 2.05) is 6.07 Å². The van der Waals surface area contributed by atoms with E-state index in [0.717, 1.165) is 66.1 Å². The average Bonchev–Trinajstić information content (AvgIpc) is 1.88. The van der Waals surface area contributed by atoms with Gasteiger partial charge in [-0.1, -0.05) is 189 Å². The molecule has 9 aromatic carbocycles. The van der Waals surface area contributed by atoms with Crippen molar-refractivity contribution in [1.82, 2.24) is 14.1 Å². The minimum atomic E-state index is -2.74. The van der Waals surface area contributed by atoms with Gasteiger partial charge in [-0.2, -0.15) is 6.07 Å². The zero-order chi connectivity index (χ0) is 57.9. The fourth-order valence-electron chi connectivity index (χ4n) is 10.6. The molecule has 0 atom stereocenters. The number of aryl methyl sites for hydroxylation is 1. The Labute approximate surface area is 472 Å². The molecule has 12 rings (SSSR count). The van der Waals surface area contributed by atoms with Crippen molar-refractivity contribution < 1.29 is 35.4 Å². The summed E-state index contributed by atoms with van der Waals surface area (Å²) in [6.07, 6.45) is 0. The van der Waals surface area contributed by atoms with Crippen LogP contribution in [-0.2, 0) is 44.3 Å². The Morgan fingerprint density at radius 2 is 1.16 bits per heavy atom. The maximum atomic E-state index is 9.29. The third-order valence-corrected chi connectivity index (χ3v) is 14.3. The molecule has 0 radical (unpaired) electrons. The SMILES string of the molecule is [2H]c1c([2H])c([2H])c2c(c1[2H])c1ccc(Oc3[c-]c(N4[CH-]N(c5c(-c6ccccc6)cc(C(C)(C)C)cc5-c5ccccc5)c5ccccc54)cc(-c4c(C(C)(C)C)cccc4C(C)(C)C)c3)[c-]c1n2-c1nc2ccccc2n1C([2H])([2H])[2H].[Pt]. The largest absolute Gasteiger partial charge is 0.509 e. The van der Waals surface area contributed by atoms with Gasteiger partial charge >= 0.3 is 0 Å². The fourth-order valence-corrected chi connectivity index (χ4v) is 10.6. The van der Waals surface area contributed by atoms with Crippen molar-refractivity contribution in [3.8, 4) is 50.8 Å². The van der Waals surface area contributed by atoms with E-state index in [4.69, 9.17) is 16.6 Å². The van der Waals surface area contributed by atoms with E-state index in [2.05, 4.69) is 212 Å². The first-order valence-corrected chi connectivity index (χ1v) is 25.5. The maximum Gasteiger partial charge on any atom is 0.213 e. The Bertz CT molecular complexity index is 4250. The molecule has 6 nitrogen and oxygen atoms in total. The van der Waals surface area contributed by atoms with Crippen molar-refractivity contribution in [1.29, 1.82) is 0 Å². The summed E-state index contributed by atoms with van der Waals surface area (Å²) in [7, 11) is 0. The first kappa shape index (κ1) is 42.6. The van der Waals surface area contributed by atoms with Crippen LogP contribution in [0.2, 0.25) is 0 Å². The van der Waals surface area contributed by atoms with Crippen molar-refractivity contribution in [2.75, 3.05) is 9.80 Å². The van der Waals surface area contributed by atoms with E-state index >= 15 is 0 Å². The Morgan fingerprint density at radius 1 is 0.553 bits per heavy atom. The first-order valence-electron chi connectivity index (χ1n) is 29.0. The summed E-state index contributed by atoms with van der Waals surface area (Å²) < 4.78 is 72.0. The second kappa shape index (κ2) is 19.2. The summed E-state index contributed by atoms with van der Waals surface area (Å²) in [6.45, 7) is 19.6. The number of nitrogens with zero attached hydrogens (tertiary/aromatic N) is 5. The Balaban J connectivity index is 0.00000721. The van der Waals surface area contributed by atoms with Crippen molar-refractivity contribution in [2.24, 2.45) is 6.98 Å². The number of aromatic nitrogens is 3. The van der Waals surface area contributed by atoms with Gasteiger partial charge in [-0.3, -0.25) is 0 Å². The first-order chi connectivity index (χ1) is 38.9. The zero-order valence-corrected chi connectivity index (χ0v) is 46.4. The van der Waals surface area contributed by atoms with E-state index in [9.17, 15) is 2.74 Å². The van der Waals surface area contributed by atoms with Crippen LogP contribution in [0.15, 0.2) is 188 Å². The second-order valence-electron chi connectivity index (χ2n) is 22.6. The van der Waals surface area contributed by atoms with Gasteiger partial charge in [0.2, 0.25) is 5.95 Å². The van der Waals surface area contributed by atoms with Crippen molar-refractivity contribution >= 4 is 55.6 Å². The molecule has 0 bridgehead atoms. The Hall–Kier alpha value is -7.66. The van der Waals surface area contributed by atoms with Crippen LogP contribution in [0.3, 0.4) is 0 Å². The quantitative estimate of drug-likeness (QED) is 0.142. The number of hydrogen-bond acceptors (Lipinski definition) is 4. The molecular formula is C69H62N5OPt-3. The number of ether oxygens (including phenoxy) is 1. The minimum Gasteiger partial charge on any atom is -0.509 e. The van der Waals surface area contributed by atoms with Gasteiger partial charge in [-0.05, 0) is 97.5 Å². The molecule has 1 aliphatic rings. The molecule has 3 heterocycles. The van der Waals surface area contributed by atoms with Crippen LogP contribution in [0.1, 0.15) is 88.6 Å². The monoisotopic (exact) mass is 1180 g/mol. The number of para-hydroxylation sites is 5. The molecule has 0 fully saturated rings. The van der Waals surface area contributed by atoms with Gasteiger partial charge in [0.15, 0.2) is 0 Å². The smallest absolute Gasteiger partial charge is 0.213 e. The summed E-state index contributed by atoms with van der Waals surface area (Å²) >= 11 is 0. The third-order valence-electron chi connectivity index (χ3n) is 14.3. The van der Waals surface area contributed by atoms with Gasteiger partial charge < -0.3 is 23.7 Å². The molecule has 11 aromatic rings. The molecule has 2 aromatic heterocycles. The van der Waals surface area contributed by atoms with Crippen LogP contribution in [0.4, 0.5) is 22.7 Å². The van der Waals surface area contributed by atoms with Gasteiger partial charge in [0, 0.05) is 77.4 Å². The van der Waals surface area contributed by atoms with E-state index in [0.29, 0.717) is 27.9 Å². The van der Waals surface area contributed by atoms with E-state index in [1.165, 1.54) is 10.1 Å².